The molecule has 0 aliphatic heterocycles. The Labute approximate surface area is 129 Å². The summed E-state index contributed by atoms with van der Waals surface area (Å²) in [6.07, 6.45) is 2.46. The Morgan fingerprint density at radius 2 is 2.10 bits per heavy atom. The van der Waals surface area contributed by atoms with Crippen LogP contribution in [0.4, 0.5) is 8.78 Å². The predicted octanol–water partition coefficient (Wildman–Crippen LogP) is 2.56. The molecule has 3 nitrogen and oxygen atoms in total. The Kier molecular flexibility index (Phi) is 6.10. The van der Waals surface area contributed by atoms with Gasteiger partial charge in [0.15, 0.2) is 0 Å². The quantitative estimate of drug-likeness (QED) is 0.847. The van der Waals surface area contributed by atoms with Gasteiger partial charge in [0.05, 0.1) is 5.54 Å². The van der Waals surface area contributed by atoms with E-state index >= 15 is 0 Å². The number of aryl methyl sites for hydroxylation is 1. The lowest BCUT2D eigenvalue weighted by Gasteiger charge is -2.29. The summed E-state index contributed by atoms with van der Waals surface area (Å²) in [5.41, 5.74) is 5.57. The van der Waals surface area contributed by atoms with Gasteiger partial charge >= 0.3 is 0 Å². The van der Waals surface area contributed by atoms with Crippen LogP contribution in [0.5, 0.6) is 0 Å². The maximum absolute atomic E-state index is 13.4. The monoisotopic (exact) mass is 318 g/mol. The number of hydrogen-bond acceptors (Lipinski definition) is 2. The molecule has 1 unspecified atom stereocenters. The molecule has 1 fully saturated rings. The van der Waals surface area contributed by atoms with E-state index in [-0.39, 0.29) is 42.3 Å². The number of hydrogen-bond donors (Lipinski definition) is 2. The molecule has 0 bridgehead atoms. The fraction of sp³-hybridized carbons (Fsp3) is 0.533. The maximum atomic E-state index is 13.4. The third-order valence-electron chi connectivity index (χ3n) is 3.96. The third-order valence-corrected chi connectivity index (χ3v) is 3.96. The van der Waals surface area contributed by atoms with Gasteiger partial charge in [0.2, 0.25) is 5.91 Å². The van der Waals surface area contributed by atoms with Crippen LogP contribution in [0, 0.1) is 17.6 Å². The predicted molar refractivity (Wildman–Crippen MR) is 80.3 cm³/mol. The van der Waals surface area contributed by atoms with Gasteiger partial charge in [-0.25, -0.2) is 8.78 Å². The molecule has 6 heteroatoms. The van der Waals surface area contributed by atoms with E-state index in [4.69, 9.17) is 5.73 Å². The highest BCUT2D eigenvalue weighted by atomic mass is 35.5. The number of carbonyl (C=O) groups excluding carboxylic acids is 1. The SMILES string of the molecule is CC(CN)(NC(=O)CCc1cc(F)ccc1F)C1CC1.Cl. The molecular formula is C15H21ClF2N2O. The van der Waals surface area contributed by atoms with E-state index in [9.17, 15) is 13.6 Å². The topological polar surface area (TPSA) is 55.1 Å². The summed E-state index contributed by atoms with van der Waals surface area (Å²) in [6.45, 7) is 2.32. The first-order valence-corrected chi connectivity index (χ1v) is 6.89. The Hall–Kier alpha value is -1.20. The van der Waals surface area contributed by atoms with Gasteiger partial charge in [0.1, 0.15) is 11.6 Å². The van der Waals surface area contributed by atoms with Crippen LogP contribution in [0.3, 0.4) is 0 Å². The van der Waals surface area contributed by atoms with Gasteiger partial charge in [-0.1, -0.05) is 0 Å². The molecule has 3 N–H and O–H groups in total. The first kappa shape index (κ1) is 17.9. The summed E-state index contributed by atoms with van der Waals surface area (Å²) in [7, 11) is 0. The Morgan fingerprint density at radius 3 is 2.67 bits per heavy atom. The molecule has 2 rings (SSSR count). The number of carbonyl (C=O) groups is 1. The van der Waals surface area contributed by atoms with Gasteiger partial charge in [0, 0.05) is 13.0 Å². The van der Waals surface area contributed by atoms with Crippen molar-refractivity contribution in [2.45, 2.75) is 38.1 Å². The molecule has 0 saturated heterocycles. The van der Waals surface area contributed by atoms with Gasteiger partial charge in [-0.15, -0.1) is 12.4 Å². The summed E-state index contributed by atoms with van der Waals surface area (Å²) in [6, 6.07) is 3.28. The van der Waals surface area contributed by atoms with Crippen molar-refractivity contribution >= 4 is 18.3 Å². The average molecular weight is 319 g/mol. The highest BCUT2D eigenvalue weighted by Gasteiger charge is 2.41. The number of halogens is 3. The van der Waals surface area contributed by atoms with E-state index in [1.807, 2.05) is 6.92 Å². The average Bonchev–Trinajstić information content (AvgIpc) is 3.24. The lowest BCUT2D eigenvalue weighted by atomic mass is 9.95. The lowest BCUT2D eigenvalue weighted by Crippen LogP contribution is -2.53. The molecular weight excluding hydrogens is 298 g/mol. The molecule has 1 atom stereocenters. The van der Waals surface area contributed by atoms with Gasteiger partial charge in [0.25, 0.3) is 0 Å². The molecule has 1 saturated carbocycles. The second-order valence-corrected chi connectivity index (χ2v) is 5.68. The summed E-state index contributed by atoms with van der Waals surface area (Å²) in [5.74, 6) is -0.717. The van der Waals surface area contributed by atoms with E-state index in [0.29, 0.717) is 12.5 Å². The smallest absolute Gasteiger partial charge is 0.220 e. The standard InChI is InChI=1S/C15H20F2N2O.ClH/c1-15(9-18,11-3-4-11)19-14(20)7-2-10-8-12(16)5-6-13(10)17;/h5-6,8,11H,2-4,7,9,18H2,1H3,(H,19,20);1H. The second kappa shape index (κ2) is 7.18. The summed E-state index contributed by atoms with van der Waals surface area (Å²) >= 11 is 0. The molecule has 0 aromatic heterocycles. The Balaban J connectivity index is 0.00000220. The highest BCUT2D eigenvalue weighted by molar-refractivity contribution is 5.85. The van der Waals surface area contributed by atoms with E-state index in [0.717, 1.165) is 31.0 Å². The van der Waals surface area contributed by atoms with E-state index in [2.05, 4.69) is 5.32 Å². The van der Waals surface area contributed by atoms with Gasteiger partial charge < -0.3 is 11.1 Å². The Morgan fingerprint density at radius 1 is 1.43 bits per heavy atom. The van der Waals surface area contributed by atoms with E-state index in [1.165, 1.54) is 0 Å². The molecule has 1 aliphatic rings. The normalized spacial score (nSPS) is 16.8. The minimum atomic E-state index is -0.494. The minimum Gasteiger partial charge on any atom is -0.349 e. The molecule has 1 amide bonds. The summed E-state index contributed by atoms with van der Waals surface area (Å²) < 4.78 is 26.5. The van der Waals surface area contributed by atoms with Crippen molar-refractivity contribution in [3.63, 3.8) is 0 Å². The fourth-order valence-corrected chi connectivity index (χ4v) is 2.40. The largest absolute Gasteiger partial charge is 0.349 e. The number of nitrogens with two attached hydrogens (primary N) is 1. The minimum absolute atomic E-state index is 0. The first-order chi connectivity index (χ1) is 9.44. The zero-order valence-electron chi connectivity index (χ0n) is 12.0. The molecule has 1 aromatic carbocycles. The van der Waals surface area contributed by atoms with Gasteiger partial charge in [-0.3, -0.25) is 4.79 Å². The molecule has 0 spiro atoms. The second-order valence-electron chi connectivity index (χ2n) is 5.68. The first-order valence-electron chi connectivity index (χ1n) is 6.89. The van der Waals surface area contributed by atoms with Crippen LogP contribution in [-0.4, -0.2) is 18.0 Å². The van der Waals surface area contributed by atoms with Crippen molar-refractivity contribution in [3.05, 3.63) is 35.4 Å². The van der Waals surface area contributed by atoms with Crippen molar-refractivity contribution in [3.8, 4) is 0 Å². The molecule has 21 heavy (non-hydrogen) atoms. The van der Waals surface area contributed by atoms with Crippen molar-refractivity contribution < 1.29 is 13.6 Å². The highest BCUT2D eigenvalue weighted by Crippen LogP contribution is 2.39. The van der Waals surface area contributed by atoms with Crippen LogP contribution in [0.1, 0.15) is 31.7 Å². The van der Waals surface area contributed by atoms with Crippen LogP contribution < -0.4 is 11.1 Å². The fourth-order valence-electron chi connectivity index (χ4n) is 2.40. The zero-order chi connectivity index (χ0) is 14.8. The lowest BCUT2D eigenvalue weighted by molar-refractivity contribution is -0.123. The number of nitrogens with one attached hydrogen (secondary N) is 1. The summed E-state index contributed by atoms with van der Waals surface area (Å²) in [5, 5.41) is 2.93. The third kappa shape index (κ3) is 4.64. The maximum Gasteiger partial charge on any atom is 0.220 e. The molecule has 0 radical (unpaired) electrons. The number of rotatable bonds is 6. The number of benzene rings is 1. The molecule has 0 heterocycles. The van der Waals surface area contributed by atoms with E-state index in [1.54, 1.807) is 0 Å². The number of amides is 1. The Bertz CT molecular complexity index is 508. The van der Waals surface area contributed by atoms with Crippen LogP contribution in [0.15, 0.2) is 18.2 Å². The van der Waals surface area contributed by atoms with Crippen molar-refractivity contribution in [1.82, 2.24) is 5.32 Å². The molecule has 1 aromatic rings. The molecule has 1 aliphatic carbocycles. The van der Waals surface area contributed by atoms with Crippen molar-refractivity contribution in [2.75, 3.05) is 6.54 Å². The van der Waals surface area contributed by atoms with Gasteiger partial charge in [-0.2, -0.15) is 0 Å². The zero-order valence-corrected chi connectivity index (χ0v) is 12.8. The van der Waals surface area contributed by atoms with Crippen molar-refractivity contribution in [1.29, 1.82) is 0 Å². The molecule has 118 valence electrons. The van der Waals surface area contributed by atoms with Crippen LogP contribution in [0.2, 0.25) is 0 Å². The van der Waals surface area contributed by atoms with E-state index < -0.39 is 11.6 Å². The summed E-state index contributed by atoms with van der Waals surface area (Å²) in [4.78, 5) is 11.9. The van der Waals surface area contributed by atoms with Crippen LogP contribution in [-0.2, 0) is 11.2 Å². The van der Waals surface area contributed by atoms with Crippen LogP contribution >= 0.6 is 12.4 Å². The van der Waals surface area contributed by atoms with Gasteiger partial charge in [-0.05, 0) is 55.9 Å². The van der Waals surface area contributed by atoms with Crippen molar-refractivity contribution in [2.24, 2.45) is 11.7 Å². The van der Waals surface area contributed by atoms with Crippen LogP contribution in [0.25, 0.3) is 0 Å².